The number of H-pyrrole nitrogens is 1. The molecule has 1 atom stereocenters. The van der Waals surface area contributed by atoms with Crippen LogP contribution in [-0.4, -0.2) is 72.1 Å². The zero-order valence-electron chi connectivity index (χ0n) is 27.0. The quantitative estimate of drug-likeness (QED) is 0.104. The van der Waals surface area contributed by atoms with Crippen LogP contribution in [-0.2, 0) is 29.2 Å². The number of thioether (sulfide) groups is 1. The summed E-state index contributed by atoms with van der Waals surface area (Å²) in [5, 5.41) is 8.38. The van der Waals surface area contributed by atoms with E-state index in [1.807, 2.05) is 18.2 Å². The van der Waals surface area contributed by atoms with E-state index in [4.69, 9.17) is 36.8 Å². The largest absolute Gasteiger partial charge is 0.473 e. The van der Waals surface area contributed by atoms with Crippen LogP contribution >= 0.6 is 23.4 Å². The van der Waals surface area contributed by atoms with E-state index in [2.05, 4.69) is 42.8 Å². The van der Waals surface area contributed by atoms with Gasteiger partial charge in [0.1, 0.15) is 18.2 Å². The number of hydrogen-bond donors (Lipinski definition) is 2. The first-order chi connectivity index (χ1) is 23.9. The Labute approximate surface area is 292 Å². The minimum atomic E-state index is -0.390. The second kappa shape index (κ2) is 15.2. The van der Waals surface area contributed by atoms with Gasteiger partial charge in [-0.05, 0) is 75.2 Å². The number of nitrogens with two attached hydrogens (primary N) is 1. The summed E-state index contributed by atoms with van der Waals surface area (Å²) in [6, 6.07) is 16.6. The number of imidazole rings is 1. The van der Waals surface area contributed by atoms with E-state index >= 15 is 0 Å². The molecule has 2 aliphatic heterocycles. The van der Waals surface area contributed by atoms with Crippen molar-refractivity contribution in [3.8, 4) is 17.3 Å². The number of nitrogens with one attached hydrogen (secondary N) is 1. The van der Waals surface area contributed by atoms with Gasteiger partial charge in [0, 0.05) is 52.6 Å². The highest BCUT2D eigenvalue weighted by Gasteiger charge is 2.26. The van der Waals surface area contributed by atoms with Crippen molar-refractivity contribution in [2.45, 2.75) is 69.0 Å². The smallest absolute Gasteiger partial charge is 0.217 e. The molecule has 0 spiro atoms. The number of aromatic nitrogens is 6. The fourth-order valence-corrected chi connectivity index (χ4v) is 7.15. The van der Waals surface area contributed by atoms with E-state index < -0.39 is 0 Å². The number of piperidine rings is 1. The molecule has 2 aliphatic rings. The highest BCUT2D eigenvalue weighted by molar-refractivity contribution is 7.99. The summed E-state index contributed by atoms with van der Waals surface area (Å²) in [4.78, 5) is 28.0. The molecule has 0 aliphatic carbocycles. The highest BCUT2D eigenvalue weighted by atomic mass is 35.5. The maximum absolute atomic E-state index is 14.2. The molecule has 1 amide bonds. The number of pyridine rings is 1. The van der Waals surface area contributed by atoms with Crippen molar-refractivity contribution in [2.24, 2.45) is 5.73 Å². The zero-order chi connectivity index (χ0) is 33.7. The average molecular weight is 705 g/mol. The Morgan fingerprint density at radius 3 is 2.73 bits per heavy atom. The van der Waals surface area contributed by atoms with Crippen LogP contribution in [0, 0.1) is 5.82 Å². The Hall–Kier alpha value is -4.04. The molecule has 2 fully saturated rings. The molecular formula is C35H38ClFN8O3S. The van der Waals surface area contributed by atoms with Gasteiger partial charge in [-0.3, -0.25) is 14.8 Å². The monoisotopic (exact) mass is 704 g/mol. The SMILES string of the molecule is NC(=O)CCCSc1n[nH]c(-c2ccc3c(c2)nc(CN2CCC(c4cccc(OCc5ccc(Cl)cc5F)n4)CC2)n3C[C@@H]2CCO2)n1. The summed E-state index contributed by atoms with van der Waals surface area (Å²) in [6.45, 7) is 4.23. The third-order valence-electron chi connectivity index (χ3n) is 9.05. The average Bonchev–Trinajstić information content (AvgIpc) is 3.69. The lowest BCUT2D eigenvalue weighted by atomic mass is 9.93. The van der Waals surface area contributed by atoms with Crippen molar-refractivity contribution in [2.75, 3.05) is 25.4 Å². The van der Waals surface area contributed by atoms with Crippen LogP contribution in [0.2, 0.25) is 5.02 Å². The van der Waals surface area contributed by atoms with Crippen LogP contribution in [0.5, 0.6) is 5.88 Å². The molecule has 49 heavy (non-hydrogen) atoms. The number of hydrogen-bond acceptors (Lipinski definition) is 9. The van der Waals surface area contributed by atoms with Gasteiger partial charge in [-0.25, -0.2) is 19.3 Å². The first-order valence-corrected chi connectivity index (χ1v) is 17.9. The van der Waals surface area contributed by atoms with E-state index in [1.54, 1.807) is 12.1 Å². The molecule has 0 unspecified atom stereocenters. The fraction of sp³-hybridized carbons (Fsp3) is 0.400. The van der Waals surface area contributed by atoms with Crippen LogP contribution in [0.4, 0.5) is 4.39 Å². The van der Waals surface area contributed by atoms with Crippen LogP contribution in [0.15, 0.2) is 59.8 Å². The molecule has 2 aromatic carbocycles. The van der Waals surface area contributed by atoms with E-state index in [0.29, 0.717) is 46.2 Å². The molecular weight excluding hydrogens is 667 g/mol. The minimum Gasteiger partial charge on any atom is -0.473 e. The van der Waals surface area contributed by atoms with E-state index in [0.717, 1.165) is 85.9 Å². The molecule has 256 valence electrons. The number of primary amides is 1. The number of ether oxygens (including phenoxy) is 2. The van der Waals surface area contributed by atoms with Crippen molar-refractivity contribution >= 4 is 40.3 Å². The third kappa shape index (κ3) is 8.23. The second-order valence-electron chi connectivity index (χ2n) is 12.5. The van der Waals surface area contributed by atoms with Crippen molar-refractivity contribution in [1.82, 2.24) is 34.6 Å². The summed E-state index contributed by atoms with van der Waals surface area (Å²) < 4.78 is 28.2. The number of likely N-dealkylation sites (tertiary alicyclic amines) is 1. The molecule has 5 aromatic rings. The molecule has 2 saturated heterocycles. The van der Waals surface area contributed by atoms with Crippen LogP contribution in [0.1, 0.15) is 55.1 Å². The minimum absolute atomic E-state index is 0.0878. The van der Waals surface area contributed by atoms with Gasteiger partial charge in [-0.15, -0.1) is 5.10 Å². The topological polar surface area (TPSA) is 137 Å². The Morgan fingerprint density at radius 1 is 1.10 bits per heavy atom. The summed E-state index contributed by atoms with van der Waals surface area (Å²) in [7, 11) is 0. The number of nitrogens with zero attached hydrogens (tertiary/aromatic N) is 6. The standard InChI is InChI=1S/C35H38ClFN8O3S/c36-25-8-6-24(27(37)18-25)21-48-33-5-1-3-28(40-33)22-10-13-44(14-11-22)20-32-39-29-17-23(7-9-30(29)45(32)19-26-12-15-47-26)34-41-35(43-42-34)49-16-2-4-31(38)46/h1,3,5-9,17-18,22,26H,2,4,10-16,19-21H2,(H2,38,46)(H,41,42,43)/t26-/m0/s1. The van der Waals surface area contributed by atoms with Crippen molar-refractivity contribution < 1.29 is 18.7 Å². The molecule has 0 saturated carbocycles. The Balaban J connectivity index is 0.998. The van der Waals surface area contributed by atoms with Gasteiger partial charge in [0.05, 0.1) is 30.2 Å². The van der Waals surface area contributed by atoms with Crippen molar-refractivity contribution in [3.05, 3.63) is 82.5 Å². The lowest BCUT2D eigenvalue weighted by molar-refractivity contribution is -0.118. The predicted molar refractivity (Wildman–Crippen MR) is 186 cm³/mol. The number of aromatic amines is 1. The first-order valence-electron chi connectivity index (χ1n) is 16.6. The Morgan fingerprint density at radius 2 is 1.96 bits per heavy atom. The fourth-order valence-electron chi connectivity index (χ4n) is 6.25. The van der Waals surface area contributed by atoms with Gasteiger partial charge >= 0.3 is 0 Å². The van der Waals surface area contributed by atoms with Gasteiger partial charge < -0.3 is 19.8 Å². The number of halogens is 2. The third-order valence-corrected chi connectivity index (χ3v) is 10.2. The van der Waals surface area contributed by atoms with Gasteiger partial charge in [-0.2, -0.15) is 0 Å². The summed E-state index contributed by atoms with van der Waals surface area (Å²) in [5.74, 6) is 2.53. The number of amides is 1. The van der Waals surface area contributed by atoms with Crippen LogP contribution in [0.3, 0.4) is 0 Å². The number of fused-ring (bicyclic) bond motifs is 1. The van der Waals surface area contributed by atoms with Gasteiger partial charge in [0.15, 0.2) is 5.82 Å². The molecule has 14 heteroatoms. The zero-order valence-corrected chi connectivity index (χ0v) is 28.6. The Bertz CT molecular complexity index is 1920. The van der Waals surface area contributed by atoms with Gasteiger partial charge in [-0.1, -0.05) is 35.5 Å². The molecule has 0 bridgehead atoms. The van der Waals surface area contributed by atoms with Crippen LogP contribution in [0.25, 0.3) is 22.4 Å². The molecule has 3 aromatic heterocycles. The summed E-state index contributed by atoms with van der Waals surface area (Å²) >= 11 is 7.38. The molecule has 11 nitrogen and oxygen atoms in total. The summed E-state index contributed by atoms with van der Waals surface area (Å²) in [5.41, 5.74) is 9.57. The second-order valence-corrected chi connectivity index (χ2v) is 14.0. The maximum Gasteiger partial charge on any atom is 0.217 e. The normalized spacial score (nSPS) is 17.0. The number of benzene rings is 2. The lowest BCUT2D eigenvalue weighted by Gasteiger charge is -2.32. The number of rotatable bonds is 14. The first kappa shape index (κ1) is 33.5. The van der Waals surface area contributed by atoms with Crippen molar-refractivity contribution in [1.29, 1.82) is 0 Å². The predicted octanol–water partition coefficient (Wildman–Crippen LogP) is 6.11. The number of carbonyl (C=O) groups is 1. The molecule has 7 rings (SSSR count). The van der Waals surface area contributed by atoms with Crippen LogP contribution < -0.4 is 10.5 Å². The van der Waals surface area contributed by atoms with E-state index in [1.165, 1.54) is 17.8 Å². The molecule has 3 N–H and O–H groups in total. The van der Waals surface area contributed by atoms with Gasteiger partial charge in [0.25, 0.3) is 0 Å². The van der Waals surface area contributed by atoms with Crippen molar-refractivity contribution in [3.63, 3.8) is 0 Å². The van der Waals surface area contributed by atoms with E-state index in [9.17, 15) is 9.18 Å². The maximum atomic E-state index is 14.2. The Kier molecular flexibility index (Phi) is 10.4. The number of carbonyl (C=O) groups excluding carboxylic acids is 1. The van der Waals surface area contributed by atoms with E-state index in [-0.39, 0.29) is 24.4 Å². The molecule has 5 heterocycles. The molecule has 0 radical (unpaired) electrons. The van der Waals surface area contributed by atoms with Gasteiger partial charge in [0.2, 0.25) is 16.9 Å². The highest BCUT2D eigenvalue weighted by Crippen LogP contribution is 2.31. The summed E-state index contributed by atoms with van der Waals surface area (Å²) in [6.07, 6.45) is 4.21. The lowest BCUT2D eigenvalue weighted by Crippen LogP contribution is -2.35.